The van der Waals surface area contributed by atoms with Gasteiger partial charge in [0.15, 0.2) is 6.29 Å². The molecule has 0 atom stereocenters. The largest absolute Gasteiger partial charge is 0.416 e. The van der Waals surface area contributed by atoms with Crippen LogP contribution >= 0.6 is 11.3 Å². The second-order valence-corrected chi connectivity index (χ2v) is 7.27. The van der Waals surface area contributed by atoms with Gasteiger partial charge in [-0.2, -0.15) is 26.3 Å². The highest BCUT2D eigenvalue weighted by Crippen LogP contribution is 2.38. The monoisotopic (exact) mass is 403 g/mol. The lowest BCUT2D eigenvalue weighted by Gasteiger charge is -2.15. The van der Waals surface area contributed by atoms with Gasteiger partial charge in [0, 0.05) is 0 Å². The molecule has 0 amide bonds. The van der Waals surface area contributed by atoms with Crippen LogP contribution in [0.1, 0.15) is 20.8 Å². The molecular weight excluding hydrogens is 396 g/mol. The number of thiophene rings is 1. The molecule has 0 unspecified atom stereocenters. The predicted molar refractivity (Wildman–Crippen MR) is 77.0 cm³/mol. The summed E-state index contributed by atoms with van der Waals surface area (Å²) >= 11 is 0.755. The molecule has 0 saturated heterocycles. The first-order valence-electron chi connectivity index (χ1n) is 6.19. The van der Waals surface area contributed by atoms with Gasteiger partial charge in [0.1, 0.15) is 4.90 Å². The summed E-state index contributed by atoms with van der Waals surface area (Å²) in [6, 6.07) is 1.35. The molecule has 1 N–H and O–H groups in total. The number of anilines is 1. The standard InChI is InChI=1S/C13H7F6NO3S2/c14-12(15,16)7-3-8(13(17,18)19)5-9(4-7)20-25(22,23)11-1-2-24-10(11)6-21/h1-6,20H. The van der Waals surface area contributed by atoms with Crippen molar-refractivity contribution in [2.45, 2.75) is 17.2 Å². The maximum Gasteiger partial charge on any atom is 0.416 e. The molecule has 0 aliphatic heterocycles. The number of nitrogens with one attached hydrogen (secondary N) is 1. The summed E-state index contributed by atoms with van der Waals surface area (Å²) in [5.74, 6) is 0. The lowest BCUT2D eigenvalue weighted by atomic mass is 10.1. The van der Waals surface area contributed by atoms with Crippen molar-refractivity contribution >= 4 is 33.3 Å². The Labute approximate surface area is 141 Å². The Morgan fingerprint density at radius 1 is 0.960 bits per heavy atom. The Morgan fingerprint density at radius 2 is 1.48 bits per heavy atom. The zero-order chi connectivity index (χ0) is 19.0. The molecule has 0 saturated carbocycles. The summed E-state index contributed by atoms with van der Waals surface area (Å²) in [5.41, 5.74) is -4.26. The number of hydrogen-bond acceptors (Lipinski definition) is 4. The third kappa shape index (κ3) is 4.31. The number of sulfonamides is 1. The van der Waals surface area contributed by atoms with Crippen molar-refractivity contribution in [1.29, 1.82) is 0 Å². The van der Waals surface area contributed by atoms with Crippen molar-refractivity contribution in [3.05, 3.63) is 45.6 Å². The molecule has 4 nitrogen and oxygen atoms in total. The van der Waals surface area contributed by atoms with Crippen LogP contribution in [-0.2, 0) is 22.4 Å². The van der Waals surface area contributed by atoms with Crippen LogP contribution in [0, 0.1) is 0 Å². The minimum Gasteiger partial charge on any atom is -0.297 e. The number of rotatable bonds is 4. The van der Waals surface area contributed by atoms with Gasteiger partial charge in [-0.1, -0.05) is 0 Å². The van der Waals surface area contributed by atoms with Gasteiger partial charge in [-0.15, -0.1) is 11.3 Å². The maximum atomic E-state index is 12.8. The molecular formula is C13H7F6NO3S2. The van der Waals surface area contributed by atoms with E-state index in [0.717, 1.165) is 17.4 Å². The second-order valence-electron chi connectivity index (χ2n) is 4.67. The average molecular weight is 403 g/mol. The zero-order valence-electron chi connectivity index (χ0n) is 11.8. The van der Waals surface area contributed by atoms with Crippen molar-refractivity contribution in [2.24, 2.45) is 0 Å². The van der Waals surface area contributed by atoms with E-state index in [1.807, 2.05) is 0 Å². The number of hydrogen-bond donors (Lipinski definition) is 1. The molecule has 1 aromatic heterocycles. The fourth-order valence-corrected chi connectivity index (χ4v) is 4.09. The Balaban J connectivity index is 2.54. The van der Waals surface area contributed by atoms with Crippen LogP contribution in [0.4, 0.5) is 32.0 Å². The number of carbonyl (C=O) groups is 1. The molecule has 0 aliphatic carbocycles. The molecule has 1 aromatic carbocycles. The minimum atomic E-state index is -5.11. The van der Waals surface area contributed by atoms with Crippen LogP contribution in [0.15, 0.2) is 34.5 Å². The lowest BCUT2D eigenvalue weighted by Crippen LogP contribution is -2.16. The summed E-state index contributed by atoms with van der Waals surface area (Å²) in [5, 5.41) is 1.24. The van der Waals surface area contributed by atoms with Gasteiger partial charge in [0.05, 0.1) is 21.7 Å². The minimum absolute atomic E-state index is 0.126. The topological polar surface area (TPSA) is 63.2 Å². The number of benzene rings is 1. The first kappa shape index (κ1) is 19.2. The van der Waals surface area contributed by atoms with Gasteiger partial charge in [0.2, 0.25) is 0 Å². The van der Waals surface area contributed by atoms with Gasteiger partial charge in [-0.25, -0.2) is 8.42 Å². The summed E-state index contributed by atoms with van der Waals surface area (Å²) in [6.07, 6.45) is -10.0. The summed E-state index contributed by atoms with van der Waals surface area (Å²) in [6.45, 7) is 0. The molecule has 0 radical (unpaired) electrons. The molecule has 2 aromatic rings. The Hall–Kier alpha value is -2.08. The predicted octanol–water partition coefficient (Wildman–Crippen LogP) is 4.40. The smallest absolute Gasteiger partial charge is 0.297 e. The Kier molecular flexibility index (Phi) is 4.88. The van der Waals surface area contributed by atoms with Gasteiger partial charge in [-0.3, -0.25) is 9.52 Å². The maximum absolute atomic E-state index is 12.8. The number of carbonyl (C=O) groups excluding carboxylic acids is 1. The highest BCUT2D eigenvalue weighted by atomic mass is 32.2. The van der Waals surface area contributed by atoms with E-state index in [2.05, 4.69) is 0 Å². The molecule has 0 bridgehead atoms. The Morgan fingerprint density at radius 3 is 1.92 bits per heavy atom. The van der Waals surface area contributed by atoms with Gasteiger partial charge < -0.3 is 0 Å². The summed E-state index contributed by atoms with van der Waals surface area (Å²) in [7, 11) is -4.54. The second kappa shape index (κ2) is 6.33. The molecule has 12 heteroatoms. The van der Waals surface area contributed by atoms with E-state index in [4.69, 9.17) is 0 Å². The third-order valence-corrected chi connectivity index (χ3v) is 5.30. The van der Waals surface area contributed by atoms with E-state index >= 15 is 0 Å². The molecule has 136 valence electrons. The highest BCUT2D eigenvalue weighted by Gasteiger charge is 2.37. The van der Waals surface area contributed by atoms with E-state index in [0.29, 0.717) is 0 Å². The molecule has 0 fully saturated rings. The molecule has 1 heterocycles. The van der Waals surface area contributed by atoms with Crippen molar-refractivity contribution in [3.8, 4) is 0 Å². The van der Waals surface area contributed by atoms with Crippen LogP contribution < -0.4 is 4.72 Å². The molecule has 2 rings (SSSR count). The fourth-order valence-electron chi connectivity index (χ4n) is 1.84. The molecule has 0 aliphatic rings. The van der Waals surface area contributed by atoms with E-state index in [-0.39, 0.29) is 29.4 Å². The summed E-state index contributed by atoms with van der Waals surface area (Å²) < 4.78 is 103. The normalized spacial score (nSPS) is 12.9. The van der Waals surface area contributed by atoms with Crippen molar-refractivity contribution in [2.75, 3.05) is 4.72 Å². The molecule has 25 heavy (non-hydrogen) atoms. The van der Waals surface area contributed by atoms with Gasteiger partial charge in [-0.05, 0) is 29.6 Å². The lowest BCUT2D eigenvalue weighted by molar-refractivity contribution is -0.143. The van der Waals surface area contributed by atoms with Crippen LogP contribution in [-0.4, -0.2) is 14.7 Å². The van der Waals surface area contributed by atoms with Crippen molar-refractivity contribution < 1.29 is 39.6 Å². The quantitative estimate of drug-likeness (QED) is 0.608. The van der Waals surface area contributed by atoms with Crippen LogP contribution in [0.25, 0.3) is 0 Å². The molecule has 0 spiro atoms. The van der Waals surface area contributed by atoms with E-state index in [1.54, 1.807) is 4.72 Å². The van der Waals surface area contributed by atoms with Crippen molar-refractivity contribution in [3.63, 3.8) is 0 Å². The Bertz CT molecular complexity index is 867. The summed E-state index contributed by atoms with van der Waals surface area (Å²) in [4.78, 5) is 10.00. The van der Waals surface area contributed by atoms with Gasteiger partial charge >= 0.3 is 12.4 Å². The average Bonchev–Trinajstić information content (AvgIpc) is 2.94. The van der Waals surface area contributed by atoms with Crippen LogP contribution in [0.5, 0.6) is 0 Å². The first-order valence-corrected chi connectivity index (χ1v) is 8.56. The SMILES string of the molecule is O=Cc1sccc1S(=O)(=O)Nc1cc(C(F)(F)F)cc(C(F)(F)F)c1. The number of alkyl halides is 6. The van der Waals surface area contributed by atoms with E-state index < -0.39 is 44.1 Å². The number of aldehydes is 1. The fraction of sp³-hybridized carbons (Fsp3) is 0.154. The first-order chi connectivity index (χ1) is 11.3. The van der Waals surface area contributed by atoms with E-state index in [9.17, 15) is 39.6 Å². The van der Waals surface area contributed by atoms with Crippen molar-refractivity contribution in [1.82, 2.24) is 0 Å². The highest BCUT2D eigenvalue weighted by molar-refractivity contribution is 7.93. The third-order valence-electron chi connectivity index (χ3n) is 2.89. The number of halogens is 6. The zero-order valence-corrected chi connectivity index (χ0v) is 13.4. The van der Waals surface area contributed by atoms with E-state index in [1.165, 1.54) is 5.38 Å². The van der Waals surface area contributed by atoms with Gasteiger partial charge in [0.25, 0.3) is 10.0 Å². The van der Waals surface area contributed by atoms with Crippen LogP contribution in [0.2, 0.25) is 0 Å². The van der Waals surface area contributed by atoms with Crippen LogP contribution in [0.3, 0.4) is 0 Å².